The first-order valence-corrected chi connectivity index (χ1v) is 12.4. The van der Waals surface area contributed by atoms with E-state index in [-0.39, 0.29) is 17.6 Å². The van der Waals surface area contributed by atoms with Crippen molar-refractivity contribution in [3.63, 3.8) is 0 Å². The van der Waals surface area contributed by atoms with Crippen LogP contribution in [0.3, 0.4) is 0 Å². The number of ether oxygens (including phenoxy) is 1. The maximum Gasteiger partial charge on any atom is 0.223 e. The molecule has 1 N–H and O–H groups in total. The van der Waals surface area contributed by atoms with Crippen molar-refractivity contribution in [3.05, 3.63) is 64.7 Å². The lowest BCUT2D eigenvalue weighted by Crippen LogP contribution is -2.43. The number of carbonyl (C=O) groups is 1. The van der Waals surface area contributed by atoms with Gasteiger partial charge in [-0.25, -0.2) is 12.7 Å². The Labute approximate surface area is 185 Å². The number of piperidine rings is 1. The van der Waals surface area contributed by atoms with Crippen LogP contribution in [-0.4, -0.2) is 44.9 Å². The molecule has 1 fully saturated rings. The highest BCUT2D eigenvalue weighted by Gasteiger charge is 2.31. The number of carbonyl (C=O) groups excluding carboxylic acids is 1. The lowest BCUT2D eigenvalue weighted by atomic mass is 9.97. The van der Waals surface area contributed by atoms with Gasteiger partial charge in [-0.15, -0.1) is 0 Å². The second-order valence-electron chi connectivity index (χ2n) is 8.25. The first kappa shape index (κ1) is 23.3. The number of aryl methyl sites for hydroxylation is 2. The lowest BCUT2D eigenvalue weighted by Gasteiger charge is -2.30. The highest BCUT2D eigenvalue weighted by Crippen LogP contribution is 2.22. The number of hydrogen-bond donors (Lipinski definition) is 1. The fraction of sp³-hybridized carbons (Fsp3) is 0.458. The van der Waals surface area contributed by atoms with Crippen LogP contribution in [0.1, 0.15) is 35.1 Å². The van der Waals surface area contributed by atoms with E-state index in [1.54, 1.807) is 0 Å². The third kappa shape index (κ3) is 6.31. The third-order valence-corrected chi connectivity index (χ3v) is 7.75. The van der Waals surface area contributed by atoms with Gasteiger partial charge in [-0.1, -0.05) is 42.0 Å². The fourth-order valence-electron chi connectivity index (χ4n) is 3.74. The molecule has 2 aromatic carbocycles. The van der Waals surface area contributed by atoms with E-state index in [0.717, 1.165) is 22.4 Å². The van der Waals surface area contributed by atoms with Crippen LogP contribution in [0.15, 0.2) is 42.5 Å². The van der Waals surface area contributed by atoms with E-state index in [1.165, 1.54) is 9.87 Å². The molecule has 0 radical (unpaired) electrons. The molecule has 7 heteroatoms. The summed E-state index contributed by atoms with van der Waals surface area (Å²) in [5.41, 5.74) is 4.17. The van der Waals surface area contributed by atoms with Gasteiger partial charge in [0.25, 0.3) is 0 Å². The minimum Gasteiger partial charge on any atom is -0.491 e. The molecule has 0 spiro atoms. The first-order valence-electron chi connectivity index (χ1n) is 10.8. The summed E-state index contributed by atoms with van der Waals surface area (Å²) in [5.74, 6) is 0.646. The smallest absolute Gasteiger partial charge is 0.223 e. The Balaban J connectivity index is 1.42. The van der Waals surface area contributed by atoms with E-state index in [9.17, 15) is 13.2 Å². The standard InChI is InChI=1S/C24H32N2O4S/c1-18-7-9-21(10-8-18)17-31(28,29)26-14-11-22(12-15-26)24(27)25-13-16-30-23-6-4-5-19(2)20(23)3/h4-10,22H,11-17H2,1-3H3,(H,25,27). The highest BCUT2D eigenvalue weighted by atomic mass is 32.2. The van der Waals surface area contributed by atoms with Crippen LogP contribution in [-0.2, 0) is 20.6 Å². The quantitative estimate of drug-likeness (QED) is 0.634. The molecule has 1 aliphatic rings. The zero-order valence-electron chi connectivity index (χ0n) is 18.6. The van der Waals surface area contributed by atoms with Crippen molar-refractivity contribution in [3.8, 4) is 5.75 Å². The van der Waals surface area contributed by atoms with Crippen LogP contribution in [0, 0.1) is 26.7 Å². The van der Waals surface area contributed by atoms with E-state index < -0.39 is 10.0 Å². The predicted octanol–water partition coefficient (Wildman–Crippen LogP) is 3.35. The average molecular weight is 445 g/mol. The van der Waals surface area contributed by atoms with Crippen LogP contribution in [0.2, 0.25) is 0 Å². The molecular weight excluding hydrogens is 412 g/mol. The molecule has 3 rings (SSSR count). The summed E-state index contributed by atoms with van der Waals surface area (Å²) in [5, 5.41) is 2.92. The Kier molecular flexibility index (Phi) is 7.73. The third-order valence-electron chi connectivity index (χ3n) is 5.90. The molecule has 0 aromatic heterocycles. The maximum absolute atomic E-state index is 12.7. The van der Waals surface area contributed by atoms with Crippen LogP contribution in [0.25, 0.3) is 0 Å². The number of hydrogen-bond acceptors (Lipinski definition) is 4. The minimum absolute atomic E-state index is 0.000140. The Morgan fingerprint density at radius 2 is 1.74 bits per heavy atom. The number of benzene rings is 2. The zero-order valence-corrected chi connectivity index (χ0v) is 19.4. The largest absolute Gasteiger partial charge is 0.491 e. The molecule has 1 aliphatic heterocycles. The van der Waals surface area contributed by atoms with Crippen LogP contribution < -0.4 is 10.1 Å². The van der Waals surface area contributed by atoms with Gasteiger partial charge in [0, 0.05) is 19.0 Å². The molecule has 1 amide bonds. The van der Waals surface area contributed by atoms with Gasteiger partial charge in [0.1, 0.15) is 12.4 Å². The summed E-state index contributed by atoms with van der Waals surface area (Å²) in [6.07, 6.45) is 1.08. The van der Waals surface area contributed by atoms with E-state index in [1.807, 2.05) is 63.2 Å². The molecule has 6 nitrogen and oxygen atoms in total. The topological polar surface area (TPSA) is 75.7 Å². The van der Waals surface area contributed by atoms with Gasteiger partial charge < -0.3 is 10.1 Å². The Hall–Kier alpha value is -2.38. The van der Waals surface area contributed by atoms with Gasteiger partial charge in [-0.3, -0.25) is 4.79 Å². The predicted molar refractivity (Wildman–Crippen MR) is 123 cm³/mol. The van der Waals surface area contributed by atoms with E-state index in [0.29, 0.717) is 39.1 Å². The molecule has 0 bridgehead atoms. The molecule has 0 atom stereocenters. The summed E-state index contributed by atoms with van der Waals surface area (Å²) in [6.45, 7) is 7.62. The summed E-state index contributed by atoms with van der Waals surface area (Å²) in [6, 6.07) is 13.5. The van der Waals surface area contributed by atoms with Crippen molar-refractivity contribution >= 4 is 15.9 Å². The molecule has 0 saturated carbocycles. The molecule has 0 aliphatic carbocycles. The molecule has 1 heterocycles. The summed E-state index contributed by atoms with van der Waals surface area (Å²) < 4.78 is 32.7. The normalized spacial score (nSPS) is 15.6. The highest BCUT2D eigenvalue weighted by molar-refractivity contribution is 7.88. The van der Waals surface area contributed by atoms with Gasteiger partial charge in [0.05, 0.1) is 12.3 Å². The number of sulfonamides is 1. The Morgan fingerprint density at radius 3 is 2.42 bits per heavy atom. The number of rotatable bonds is 8. The molecular formula is C24H32N2O4S. The van der Waals surface area contributed by atoms with Crippen LogP contribution in [0.5, 0.6) is 5.75 Å². The van der Waals surface area contributed by atoms with Crippen molar-refractivity contribution < 1.29 is 17.9 Å². The first-order chi connectivity index (χ1) is 14.8. The zero-order chi connectivity index (χ0) is 22.4. The maximum atomic E-state index is 12.7. The average Bonchev–Trinajstić information content (AvgIpc) is 2.75. The van der Waals surface area contributed by atoms with Crippen molar-refractivity contribution in [2.45, 2.75) is 39.4 Å². The molecule has 31 heavy (non-hydrogen) atoms. The van der Waals surface area contributed by atoms with Crippen molar-refractivity contribution in [1.29, 1.82) is 0 Å². The fourth-order valence-corrected chi connectivity index (χ4v) is 5.31. The van der Waals surface area contributed by atoms with E-state index >= 15 is 0 Å². The van der Waals surface area contributed by atoms with E-state index in [4.69, 9.17) is 4.74 Å². The number of amides is 1. The second kappa shape index (κ2) is 10.3. The van der Waals surface area contributed by atoms with Gasteiger partial charge >= 0.3 is 0 Å². The van der Waals surface area contributed by atoms with Gasteiger partial charge in [0.2, 0.25) is 15.9 Å². The lowest BCUT2D eigenvalue weighted by molar-refractivity contribution is -0.126. The SMILES string of the molecule is Cc1ccc(CS(=O)(=O)N2CCC(C(=O)NCCOc3cccc(C)c3C)CC2)cc1. The second-order valence-corrected chi connectivity index (χ2v) is 10.2. The van der Waals surface area contributed by atoms with Gasteiger partial charge in [-0.2, -0.15) is 0 Å². The van der Waals surface area contributed by atoms with Gasteiger partial charge in [-0.05, 0) is 56.4 Å². The van der Waals surface area contributed by atoms with E-state index in [2.05, 4.69) is 5.32 Å². The molecule has 2 aromatic rings. The molecule has 168 valence electrons. The van der Waals surface area contributed by atoms with Gasteiger partial charge in [0.15, 0.2) is 0 Å². The number of nitrogens with zero attached hydrogens (tertiary/aromatic N) is 1. The van der Waals surface area contributed by atoms with Crippen molar-refractivity contribution in [2.24, 2.45) is 5.92 Å². The van der Waals surface area contributed by atoms with Crippen LogP contribution in [0.4, 0.5) is 0 Å². The summed E-state index contributed by atoms with van der Waals surface area (Å²) in [7, 11) is -3.38. The monoisotopic (exact) mass is 444 g/mol. The van der Waals surface area contributed by atoms with Crippen LogP contribution >= 0.6 is 0 Å². The minimum atomic E-state index is -3.38. The summed E-state index contributed by atoms with van der Waals surface area (Å²) in [4.78, 5) is 12.5. The summed E-state index contributed by atoms with van der Waals surface area (Å²) >= 11 is 0. The Bertz CT molecular complexity index is 995. The molecule has 0 unspecified atom stereocenters. The van der Waals surface area contributed by atoms with Crippen molar-refractivity contribution in [1.82, 2.24) is 9.62 Å². The Morgan fingerprint density at radius 1 is 1.06 bits per heavy atom. The van der Waals surface area contributed by atoms with Crippen molar-refractivity contribution in [2.75, 3.05) is 26.2 Å². The molecule has 1 saturated heterocycles. The number of nitrogens with one attached hydrogen (secondary N) is 1.